The molecule has 0 bridgehead atoms. The number of carboxylic acids is 2. The highest BCUT2D eigenvalue weighted by molar-refractivity contribution is 5.96. The largest absolute Gasteiger partial charge is 0.478 e. The van der Waals surface area contributed by atoms with Crippen molar-refractivity contribution >= 4 is 11.9 Å². The second-order valence-corrected chi connectivity index (χ2v) is 4.13. The first-order valence-corrected chi connectivity index (χ1v) is 5.12. The van der Waals surface area contributed by atoms with Crippen LogP contribution in [0.3, 0.4) is 0 Å². The third-order valence-corrected chi connectivity index (χ3v) is 2.94. The van der Waals surface area contributed by atoms with Crippen molar-refractivity contribution in [3.8, 4) is 0 Å². The quantitative estimate of drug-likeness (QED) is 0.819. The van der Waals surface area contributed by atoms with Gasteiger partial charge in [0, 0.05) is 0 Å². The highest BCUT2D eigenvalue weighted by Crippen LogP contribution is 2.41. The summed E-state index contributed by atoms with van der Waals surface area (Å²) in [6, 6.07) is 3.20. The van der Waals surface area contributed by atoms with Crippen LogP contribution in [0.15, 0.2) is 12.1 Å². The van der Waals surface area contributed by atoms with Crippen molar-refractivity contribution in [3.63, 3.8) is 0 Å². The van der Waals surface area contributed by atoms with Crippen LogP contribution in [-0.2, 0) is 0 Å². The minimum Gasteiger partial charge on any atom is -0.478 e. The van der Waals surface area contributed by atoms with E-state index >= 15 is 0 Å². The Balaban J connectivity index is 2.59. The fourth-order valence-corrected chi connectivity index (χ4v) is 1.83. The second-order valence-electron chi connectivity index (χ2n) is 4.13. The fourth-order valence-electron chi connectivity index (χ4n) is 1.83. The van der Waals surface area contributed by atoms with Crippen LogP contribution < -0.4 is 0 Å². The zero-order valence-electron chi connectivity index (χ0n) is 8.86. The van der Waals surface area contributed by atoms with Gasteiger partial charge in [-0.1, -0.05) is 0 Å². The number of rotatable bonds is 3. The Morgan fingerprint density at radius 2 is 1.56 bits per heavy atom. The van der Waals surface area contributed by atoms with Gasteiger partial charge in [-0.15, -0.1) is 0 Å². The molecule has 4 heteroatoms. The number of carboxylic acid groups (broad SMARTS) is 2. The minimum absolute atomic E-state index is 0.0989. The summed E-state index contributed by atoms with van der Waals surface area (Å²) in [5, 5.41) is 18.0. The van der Waals surface area contributed by atoms with Gasteiger partial charge in [-0.2, -0.15) is 0 Å². The van der Waals surface area contributed by atoms with Gasteiger partial charge in [-0.3, -0.25) is 0 Å². The molecule has 0 saturated heterocycles. The van der Waals surface area contributed by atoms with Crippen LogP contribution >= 0.6 is 0 Å². The molecule has 2 rings (SSSR count). The lowest BCUT2D eigenvalue weighted by molar-refractivity contribution is 0.0696. The average molecular weight is 220 g/mol. The third kappa shape index (κ3) is 1.78. The Morgan fingerprint density at radius 3 is 1.88 bits per heavy atom. The van der Waals surface area contributed by atoms with Crippen LogP contribution in [0.5, 0.6) is 0 Å². The predicted octanol–water partition coefficient (Wildman–Crippen LogP) is 2.27. The monoisotopic (exact) mass is 220 g/mol. The molecule has 0 unspecified atom stereocenters. The van der Waals surface area contributed by atoms with E-state index in [1.54, 1.807) is 12.1 Å². The zero-order chi connectivity index (χ0) is 11.9. The molecule has 0 spiro atoms. The van der Waals surface area contributed by atoms with Gasteiger partial charge in [0.05, 0.1) is 11.1 Å². The predicted molar refractivity (Wildman–Crippen MR) is 57.1 cm³/mol. The van der Waals surface area contributed by atoms with Crippen LogP contribution in [-0.4, -0.2) is 22.2 Å². The van der Waals surface area contributed by atoms with E-state index < -0.39 is 11.9 Å². The van der Waals surface area contributed by atoms with E-state index in [1.165, 1.54) is 6.92 Å². The Hall–Kier alpha value is -1.84. The molecule has 1 aliphatic carbocycles. The Morgan fingerprint density at radius 1 is 1.12 bits per heavy atom. The zero-order valence-corrected chi connectivity index (χ0v) is 8.86. The molecule has 2 N–H and O–H groups in total. The topological polar surface area (TPSA) is 74.6 Å². The Bertz CT molecular complexity index is 437. The lowest BCUT2D eigenvalue weighted by atomic mass is 9.96. The number of hydrogen-bond donors (Lipinski definition) is 2. The second kappa shape index (κ2) is 3.63. The molecule has 0 amide bonds. The maximum absolute atomic E-state index is 11.0. The number of benzene rings is 1. The van der Waals surface area contributed by atoms with Crippen molar-refractivity contribution in [3.05, 3.63) is 34.4 Å². The summed E-state index contributed by atoms with van der Waals surface area (Å²) < 4.78 is 0. The average Bonchev–Trinajstić information content (AvgIpc) is 3.00. The van der Waals surface area contributed by atoms with Gasteiger partial charge >= 0.3 is 11.9 Å². The summed E-state index contributed by atoms with van der Waals surface area (Å²) in [5.41, 5.74) is 1.36. The smallest absolute Gasteiger partial charge is 0.335 e. The van der Waals surface area contributed by atoms with E-state index in [4.69, 9.17) is 10.2 Å². The third-order valence-electron chi connectivity index (χ3n) is 2.94. The van der Waals surface area contributed by atoms with Crippen molar-refractivity contribution in [2.24, 2.45) is 0 Å². The molecule has 0 radical (unpaired) electrons. The van der Waals surface area contributed by atoms with Crippen molar-refractivity contribution in [2.45, 2.75) is 25.7 Å². The minimum atomic E-state index is -1.07. The summed E-state index contributed by atoms with van der Waals surface area (Å²) in [5.74, 6) is -1.79. The molecular formula is C12H12O4. The maximum atomic E-state index is 11.0. The molecule has 4 nitrogen and oxygen atoms in total. The summed E-state index contributed by atoms with van der Waals surface area (Å²) >= 11 is 0. The highest BCUT2D eigenvalue weighted by Gasteiger charge is 2.27. The summed E-state index contributed by atoms with van der Waals surface area (Å²) in [6.07, 6.45) is 2.03. The van der Waals surface area contributed by atoms with Gasteiger partial charge < -0.3 is 10.2 Å². The first-order chi connectivity index (χ1) is 7.50. The molecule has 1 aromatic rings. The Labute approximate surface area is 92.5 Å². The van der Waals surface area contributed by atoms with Crippen molar-refractivity contribution in [1.82, 2.24) is 0 Å². The molecular weight excluding hydrogens is 208 g/mol. The molecule has 16 heavy (non-hydrogen) atoms. The van der Waals surface area contributed by atoms with E-state index in [1.807, 2.05) is 0 Å². The summed E-state index contributed by atoms with van der Waals surface area (Å²) in [7, 11) is 0. The van der Waals surface area contributed by atoms with Gasteiger partial charge in [0.25, 0.3) is 0 Å². The SMILES string of the molecule is Cc1c(C(=O)O)cc(C2CC2)cc1C(=O)O. The normalized spacial score (nSPS) is 14.8. The van der Waals surface area contributed by atoms with Gasteiger partial charge in [0.1, 0.15) is 0 Å². The molecule has 0 aromatic heterocycles. The first kappa shape index (κ1) is 10.7. The first-order valence-electron chi connectivity index (χ1n) is 5.12. The van der Waals surface area contributed by atoms with E-state index in [9.17, 15) is 9.59 Å². The van der Waals surface area contributed by atoms with E-state index in [0.29, 0.717) is 11.5 Å². The van der Waals surface area contributed by atoms with Crippen molar-refractivity contribution in [2.75, 3.05) is 0 Å². The maximum Gasteiger partial charge on any atom is 0.335 e. The van der Waals surface area contributed by atoms with E-state index in [0.717, 1.165) is 18.4 Å². The number of hydrogen-bond acceptors (Lipinski definition) is 2. The molecule has 1 saturated carbocycles. The van der Waals surface area contributed by atoms with Gasteiger partial charge in [-0.05, 0) is 48.9 Å². The van der Waals surface area contributed by atoms with E-state index in [2.05, 4.69) is 0 Å². The molecule has 0 aliphatic heterocycles. The van der Waals surface area contributed by atoms with Crippen LogP contribution in [0.25, 0.3) is 0 Å². The highest BCUT2D eigenvalue weighted by atomic mass is 16.4. The van der Waals surface area contributed by atoms with Crippen LogP contribution in [0.1, 0.15) is 50.6 Å². The van der Waals surface area contributed by atoms with Crippen LogP contribution in [0.2, 0.25) is 0 Å². The standard InChI is InChI=1S/C12H12O4/c1-6-9(11(13)14)4-8(7-2-3-7)5-10(6)12(15)16/h4-5,7H,2-3H2,1H3,(H,13,14)(H,15,16). The molecule has 1 aromatic carbocycles. The molecule has 0 heterocycles. The lowest BCUT2D eigenvalue weighted by Gasteiger charge is -2.08. The lowest BCUT2D eigenvalue weighted by Crippen LogP contribution is -2.08. The Kier molecular flexibility index (Phi) is 2.42. The number of carbonyl (C=O) groups is 2. The van der Waals surface area contributed by atoms with Gasteiger partial charge in [0.15, 0.2) is 0 Å². The van der Waals surface area contributed by atoms with Crippen LogP contribution in [0, 0.1) is 6.92 Å². The molecule has 1 aliphatic rings. The van der Waals surface area contributed by atoms with Gasteiger partial charge in [0.2, 0.25) is 0 Å². The molecule has 84 valence electrons. The van der Waals surface area contributed by atoms with Crippen molar-refractivity contribution < 1.29 is 19.8 Å². The van der Waals surface area contributed by atoms with Crippen molar-refractivity contribution in [1.29, 1.82) is 0 Å². The van der Waals surface area contributed by atoms with E-state index in [-0.39, 0.29) is 11.1 Å². The number of aromatic carboxylic acids is 2. The molecule has 0 atom stereocenters. The van der Waals surface area contributed by atoms with Crippen LogP contribution in [0.4, 0.5) is 0 Å². The molecule has 1 fully saturated rings. The fraction of sp³-hybridized carbons (Fsp3) is 0.333. The summed E-state index contributed by atoms with van der Waals surface area (Å²) in [6.45, 7) is 1.53. The summed E-state index contributed by atoms with van der Waals surface area (Å²) in [4.78, 5) is 22.0. The van der Waals surface area contributed by atoms with Gasteiger partial charge in [-0.25, -0.2) is 9.59 Å².